The Morgan fingerprint density at radius 1 is 1.18 bits per heavy atom. The van der Waals surface area contributed by atoms with E-state index in [4.69, 9.17) is 5.26 Å². The van der Waals surface area contributed by atoms with Gasteiger partial charge in [0.15, 0.2) is 0 Å². The molecule has 2 aromatic heterocycles. The summed E-state index contributed by atoms with van der Waals surface area (Å²) < 4.78 is 15.4. The maximum Gasteiger partial charge on any atom is 0.265 e. The molecule has 0 spiro atoms. The molecule has 1 amide bonds. The molecule has 2 aromatic carbocycles. The van der Waals surface area contributed by atoms with Crippen molar-refractivity contribution in [2.75, 3.05) is 0 Å². The van der Waals surface area contributed by atoms with Gasteiger partial charge in [0.2, 0.25) is 0 Å². The molecule has 0 aliphatic carbocycles. The second-order valence-corrected chi connectivity index (χ2v) is 8.49. The molecule has 0 aliphatic rings. The van der Waals surface area contributed by atoms with Gasteiger partial charge in [-0.15, -0.1) is 0 Å². The van der Waals surface area contributed by atoms with E-state index in [9.17, 15) is 14.0 Å². The molecule has 0 unspecified atom stereocenters. The highest BCUT2D eigenvalue weighted by Gasteiger charge is 2.19. The van der Waals surface area contributed by atoms with Crippen LogP contribution in [0.2, 0.25) is 0 Å². The SMILES string of the molecule is C[C@@H](NC(=O)c1cc2cc(Br)cnc2n(Cc2ccc(F)cc2)c1=O)c1ccc(C#N)cc1. The standard InChI is InChI=1S/C25H18BrFN4O2/c1-15(18-6-2-16(12-28)3-7-18)30-24(32)22-11-19-10-20(26)13-29-23(19)31(25(22)33)14-17-4-8-21(27)9-5-17/h2-11,13,15H,14H2,1H3,(H,30,32)/t15-/m1/s1. The summed E-state index contributed by atoms with van der Waals surface area (Å²) in [6.07, 6.45) is 1.58. The lowest BCUT2D eigenvalue weighted by molar-refractivity contribution is 0.0938. The van der Waals surface area contributed by atoms with Crippen LogP contribution in [0, 0.1) is 17.1 Å². The van der Waals surface area contributed by atoms with Gasteiger partial charge in [-0.25, -0.2) is 9.37 Å². The number of carbonyl (C=O) groups is 1. The second-order valence-electron chi connectivity index (χ2n) is 7.57. The number of carbonyl (C=O) groups excluding carboxylic acids is 1. The molecule has 1 N–H and O–H groups in total. The largest absolute Gasteiger partial charge is 0.345 e. The van der Waals surface area contributed by atoms with Crippen LogP contribution in [0.25, 0.3) is 11.0 Å². The maximum absolute atomic E-state index is 13.3. The van der Waals surface area contributed by atoms with Crippen molar-refractivity contribution in [1.82, 2.24) is 14.9 Å². The van der Waals surface area contributed by atoms with Crippen LogP contribution in [-0.4, -0.2) is 15.5 Å². The van der Waals surface area contributed by atoms with Crippen molar-refractivity contribution in [2.24, 2.45) is 0 Å². The van der Waals surface area contributed by atoms with Crippen LogP contribution < -0.4 is 10.9 Å². The summed E-state index contributed by atoms with van der Waals surface area (Å²) in [4.78, 5) is 30.8. The molecule has 4 aromatic rings. The third-order valence-electron chi connectivity index (χ3n) is 5.28. The topological polar surface area (TPSA) is 87.8 Å². The Labute approximate surface area is 197 Å². The lowest BCUT2D eigenvalue weighted by Gasteiger charge is -2.16. The molecule has 0 saturated heterocycles. The average Bonchev–Trinajstić information content (AvgIpc) is 2.81. The summed E-state index contributed by atoms with van der Waals surface area (Å²) in [7, 11) is 0. The van der Waals surface area contributed by atoms with Crippen molar-refractivity contribution < 1.29 is 9.18 Å². The zero-order valence-electron chi connectivity index (χ0n) is 17.5. The highest BCUT2D eigenvalue weighted by Crippen LogP contribution is 2.19. The molecule has 0 radical (unpaired) electrons. The summed E-state index contributed by atoms with van der Waals surface area (Å²) in [5.74, 6) is -0.894. The minimum atomic E-state index is -0.522. The second kappa shape index (κ2) is 9.35. The fourth-order valence-corrected chi connectivity index (χ4v) is 3.87. The number of amides is 1. The number of nitriles is 1. The quantitative estimate of drug-likeness (QED) is 0.426. The number of benzene rings is 2. The Morgan fingerprint density at radius 3 is 2.55 bits per heavy atom. The van der Waals surface area contributed by atoms with Crippen molar-refractivity contribution in [3.63, 3.8) is 0 Å². The van der Waals surface area contributed by atoms with Crippen LogP contribution in [0.15, 0.2) is 76.1 Å². The average molecular weight is 505 g/mol. The molecule has 0 fully saturated rings. The number of nitrogens with zero attached hydrogens (tertiary/aromatic N) is 3. The number of hydrogen-bond acceptors (Lipinski definition) is 4. The van der Waals surface area contributed by atoms with E-state index >= 15 is 0 Å². The Balaban J connectivity index is 1.72. The van der Waals surface area contributed by atoms with Crippen LogP contribution in [0.5, 0.6) is 0 Å². The van der Waals surface area contributed by atoms with Gasteiger partial charge in [-0.2, -0.15) is 5.26 Å². The number of pyridine rings is 2. The molecule has 1 atom stereocenters. The van der Waals surface area contributed by atoms with Gasteiger partial charge in [-0.1, -0.05) is 24.3 Å². The molecule has 4 rings (SSSR count). The van der Waals surface area contributed by atoms with E-state index in [-0.39, 0.29) is 24.0 Å². The van der Waals surface area contributed by atoms with Gasteiger partial charge in [0.1, 0.15) is 17.0 Å². The van der Waals surface area contributed by atoms with E-state index in [1.54, 1.807) is 55.6 Å². The smallest absolute Gasteiger partial charge is 0.265 e. The molecule has 33 heavy (non-hydrogen) atoms. The number of rotatable bonds is 5. The number of nitrogens with one attached hydrogen (secondary N) is 1. The monoisotopic (exact) mass is 504 g/mol. The Kier molecular flexibility index (Phi) is 6.33. The highest BCUT2D eigenvalue weighted by molar-refractivity contribution is 9.10. The Hall–Kier alpha value is -3.83. The van der Waals surface area contributed by atoms with Gasteiger partial charge >= 0.3 is 0 Å². The summed E-state index contributed by atoms with van der Waals surface area (Å²) in [6, 6.07) is 17.7. The van der Waals surface area contributed by atoms with Crippen LogP contribution in [0.1, 0.15) is 40.0 Å². The molecule has 0 saturated carbocycles. The zero-order chi connectivity index (χ0) is 23.5. The first-order valence-corrected chi connectivity index (χ1v) is 10.9. The zero-order valence-corrected chi connectivity index (χ0v) is 19.1. The third-order valence-corrected chi connectivity index (χ3v) is 5.71. The minimum Gasteiger partial charge on any atom is -0.345 e. The van der Waals surface area contributed by atoms with Crippen molar-refractivity contribution >= 4 is 32.9 Å². The number of fused-ring (bicyclic) bond motifs is 1. The molecule has 164 valence electrons. The Bertz CT molecular complexity index is 1440. The van der Waals surface area contributed by atoms with Gasteiger partial charge < -0.3 is 5.32 Å². The van der Waals surface area contributed by atoms with E-state index in [2.05, 4.69) is 32.3 Å². The first kappa shape index (κ1) is 22.4. The van der Waals surface area contributed by atoms with Crippen molar-refractivity contribution in [2.45, 2.75) is 19.5 Å². The number of halogens is 2. The molecule has 0 bridgehead atoms. The van der Waals surface area contributed by atoms with Crippen LogP contribution in [0.4, 0.5) is 4.39 Å². The molecule has 6 nitrogen and oxygen atoms in total. The van der Waals surface area contributed by atoms with Crippen molar-refractivity contribution in [3.8, 4) is 6.07 Å². The molecular weight excluding hydrogens is 487 g/mol. The highest BCUT2D eigenvalue weighted by atomic mass is 79.9. The van der Waals surface area contributed by atoms with E-state index < -0.39 is 11.5 Å². The van der Waals surface area contributed by atoms with Gasteiger partial charge in [0.25, 0.3) is 11.5 Å². The summed E-state index contributed by atoms with van der Waals surface area (Å²) in [5, 5.41) is 12.4. The first-order chi connectivity index (χ1) is 15.9. The lowest BCUT2D eigenvalue weighted by atomic mass is 10.1. The molecular formula is C25H18BrFN4O2. The molecule has 8 heteroatoms. The summed E-state index contributed by atoms with van der Waals surface area (Å²) >= 11 is 3.38. The van der Waals surface area contributed by atoms with Crippen molar-refractivity contribution in [1.29, 1.82) is 5.26 Å². The predicted octanol–water partition coefficient (Wildman–Crippen LogP) is 4.71. The van der Waals surface area contributed by atoms with E-state index in [0.717, 1.165) is 5.56 Å². The van der Waals surface area contributed by atoms with Crippen LogP contribution >= 0.6 is 15.9 Å². The fraction of sp³-hybridized carbons (Fsp3) is 0.120. The van der Waals surface area contributed by atoms with Crippen LogP contribution in [-0.2, 0) is 6.54 Å². The van der Waals surface area contributed by atoms with Gasteiger partial charge in [0, 0.05) is 16.1 Å². The number of aromatic nitrogens is 2. The minimum absolute atomic E-state index is 0.0231. The van der Waals surface area contributed by atoms with E-state index in [1.807, 2.05) is 0 Å². The third kappa shape index (κ3) is 4.83. The van der Waals surface area contributed by atoms with Crippen molar-refractivity contribution in [3.05, 3.63) is 110 Å². The lowest BCUT2D eigenvalue weighted by Crippen LogP contribution is -2.35. The molecule has 0 aliphatic heterocycles. The summed E-state index contributed by atoms with van der Waals surface area (Å²) in [6.45, 7) is 1.94. The number of hydrogen-bond donors (Lipinski definition) is 1. The van der Waals surface area contributed by atoms with Gasteiger partial charge in [-0.05, 0) is 70.4 Å². The maximum atomic E-state index is 13.3. The first-order valence-electron chi connectivity index (χ1n) is 10.1. The van der Waals surface area contributed by atoms with Crippen LogP contribution in [0.3, 0.4) is 0 Å². The molecule has 2 heterocycles. The van der Waals surface area contributed by atoms with E-state index in [0.29, 0.717) is 26.6 Å². The van der Waals surface area contributed by atoms with Gasteiger partial charge in [0.05, 0.1) is 24.2 Å². The summed E-state index contributed by atoms with van der Waals surface area (Å²) in [5.41, 5.74) is 1.93. The Morgan fingerprint density at radius 2 is 1.88 bits per heavy atom. The van der Waals surface area contributed by atoms with E-state index in [1.165, 1.54) is 22.8 Å². The normalized spacial score (nSPS) is 11.7. The van der Waals surface area contributed by atoms with Gasteiger partial charge in [-0.3, -0.25) is 14.2 Å². The fourth-order valence-electron chi connectivity index (χ4n) is 3.52. The predicted molar refractivity (Wildman–Crippen MR) is 126 cm³/mol.